The van der Waals surface area contributed by atoms with E-state index in [0.717, 1.165) is 25.5 Å². The van der Waals surface area contributed by atoms with Crippen LogP contribution in [0.25, 0.3) is 0 Å². The number of aliphatic hydroxyl groups excluding tert-OH is 3. The molecule has 0 aromatic rings. The minimum atomic E-state index is -1.40. The molecule has 16 atom stereocenters. The molecule has 0 radical (unpaired) electrons. The number of allylic oxidation sites excluding steroid dienone is 2. The summed E-state index contributed by atoms with van der Waals surface area (Å²) < 4.78 is 49.7. The molecule has 14 heteroatoms. The maximum Gasteiger partial charge on any atom is 0.308 e. The van der Waals surface area contributed by atoms with E-state index in [2.05, 4.69) is 6.92 Å². The van der Waals surface area contributed by atoms with Gasteiger partial charge in [0.2, 0.25) is 0 Å². The van der Waals surface area contributed by atoms with E-state index in [0.29, 0.717) is 19.4 Å². The third-order valence-electron chi connectivity index (χ3n) is 11.3. The molecular weight excluding hydrogens is 714 g/mol. The maximum atomic E-state index is 12.9. The van der Waals surface area contributed by atoms with E-state index in [9.17, 15) is 24.9 Å². The van der Waals surface area contributed by atoms with E-state index in [-0.39, 0.29) is 31.0 Å². The summed E-state index contributed by atoms with van der Waals surface area (Å²) >= 11 is 0. The van der Waals surface area contributed by atoms with E-state index in [1.54, 1.807) is 32.3 Å². The molecule has 3 rings (SSSR count). The summed E-state index contributed by atoms with van der Waals surface area (Å²) in [5, 5.41) is 34.5. The van der Waals surface area contributed by atoms with Crippen molar-refractivity contribution in [2.75, 3.05) is 34.9 Å². The van der Waals surface area contributed by atoms with Gasteiger partial charge in [-0.25, -0.2) is 0 Å². The maximum absolute atomic E-state index is 12.9. The van der Waals surface area contributed by atoms with Crippen LogP contribution in [0.3, 0.4) is 0 Å². The predicted octanol–water partition coefficient (Wildman–Crippen LogP) is 3.71. The van der Waals surface area contributed by atoms with Crippen molar-refractivity contribution in [3.8, 4) is 0 Å². The number of unbranched alkanes of at least 4 members (excludes halogenated alkanes) is 2. The lowest BCUT2D eigenvalue weighted by Crippen LogP contribution is -2.66. The van der Waals surface area contributed by atoms with Crippen LogP contribution in [0, 0.1) is 11.8 Å². The molecule has 3 heterocycles. The number of carbonyl (C=O) groups is 2. The summed E-state index contributed by atoms with van der Waals surface area (Å²) in [5.41, 5.74) is -0.694. The number of cyclic esters (lactones) is 1. The highest BCUT2D eigenvalue weighted by atomic mass is 16.7. The Kier molecular flexibility index (Phi) is 19.8. The number of esters is 1. The van der Waals surface area contributed by atoms with Crippen LogP contribution in [0.15, 0.2) is 24.3 Å². The molecule has 0 aromatic heterocycles. The van der Waals surface area contributed by atoms with Crippen molar-refractivity contribution < 1.29 is 62.8 Å². The Morgan fingerprint density at radius 1 is 0.982 bits per heavy atom. The fourth-order valence-electron chi connectivity index (χ4n) is 8.09. The van der Waals surface area contributed by atoms with Gasteiger partial charge in [0.1, 0.15) is 36.8 Å². The Bertz CT molecular complexity index is 1200. The normalized spacial score (nSPS) is 42.4. The average Bonchev–Trinajstić information content (AvgIpc) is 3.11. The van der Waals surface area contributed by atoms with Crippen molar-refractivity contribution in [1.29, 1.82) is 0 Å². The minimum Gasteiger partial charge on any atom is -0.462 e. The SMILES string of the molecule is CCCCCO[C@H]1[C@H](C)O[C@@H](O[C@H]2[C@H](N(C)C)[C@@H](O)[C@H](O[C@H]3C(CC=O)C[C@@H](C)[C@@H](O)/C=C/C=C/C[C@@H](C)OC(=O)C[C@@H](O)[C@@H]3OC)O[C@@H]2C)C[C@@]1(C)OC. The zero-order valence-corrected chi connectivity index (χ0v) is 34.8. The van der Waals surface area contributed by atoms with Crippen LogP contribution in [0.4, 0.5) is 0 Å². The molecule has 55 heavy (non-hydrogen) atoms. The van der Waals surface area contributed by atoms with Crippen LogP contribution >= 0.6 is 0 Å². The molecule has 14 nitrogen and oxygen atoms in total. The molecule has 2 saturated heterocycles. The van der Waals surface area contributed by atoms with Crippen LogP contribution in [0.5, 0.6) is 0 Å². The molecule has 2 fully saturated rings. The number of rotatable bonds is 14. The lowest BCUT2D eigenvalue weighted by Gasteiger charge is -2.51. The topological polar surface area (TPSA) is 172 Å². The van der Waals surface area contributed by atoms with Crippen LogP contribution < -0.4 is 0 Å². The van der Waals surface area contributed by atoms with Gasteiger partial charge in [-0.2, -0.15) is 0 Å². The first kappa shape index (κ1) is 47.6. The second kappa shape index (κ2) is 22.9. The van der Waals surface area contributed by atoms with Gasteiger partial charge >= 0.3 is 5.97 Å². The number of aliphatic hydroxyl groups is 3. The molecule has 1 unspecified atom stereocenters. The van der Waals surface area contributed by atoms with Crippen molar-refractivity contribution in [2.24, 2.45) is 11.8 Å². The van der Waals surface area contributed by atoms with E-state index >= 15 is 0 Å². The molecular formula is C41H71NO13. The molecule has 318 valence electrons. The molecule has 3 aliphatic heterocycles. The van der Waals surface area contributed by atoms with E-state index in [4.69, 9.17) is 37.9 Å². The van der Waals surface area contributed by atoms with Crippen molar-refractivity contribution >= 4 is 12.3 Å². The van der Waals surface area contributed by atoms with Crippen molar-refractivity contribution in [2.45, 2.75) is 178 Å². The second-order valence-electron chi connectivity index (χ2n) is 16.0. The van der Waals surface area contributed by atoms with Crippen LogP contribution in [0.2, 0.25) is 0 Å². The first-order valence-electron chi connectivity index (χ1n) is 20.1. The van der Waals surface area contributed by atoms with Crippen LogP contribution in [0.1, 0.15) is 92.9 Å². The monoisotopic (exact) mass is 785 g/mol. The summed E-state index contributed by atoms with van der Waals surface area (Å²) in [4.78, 5) is 26.9. The van der Waals surface area contributed by atoms with Crippen LogP contribution in [-0.4, -0.2) is 153 Å². The highest BCUT2D eigenvalue weighted by molar-refractivity contribution is 5.70. The number of likely N-dealkylation sites (N-methyl/N-ethyl adjacent to an activating group) is 1. The standard InChI is InChI=1S/C41H71NO13/c1-11-12-16-21-50-39-28(5)52-33(24-41(39,6)49-10)54-36-27(4)53-40(35(47)34(36)42(7)8)55-37-29(19-20-43)22-25(2)30(44)18-15-13-14-17-26(3)51-32(46)23-31(45)38(37)48-9/h13-15,18,20,25-31,33-40,44-45,47H,11-12,16-17,19,21-24H2,1-10H3/b14-13+,18-15+/t25-,26-,27-,28+,29?,30+,31-,33+,34-,35-,36-,37+,38+,39+,40+,41-/m1/s1. The fraction of sp³-hybridized carbons (Fsp3) is 0.854. The molecule has 0 bridgehead atoms. The number of nitrogens with zero attached hydrogens (tertiary/aromatic N) is 1. The highest BCUT2D eigenvalue weighted by Crippen LogP contribution is 2.38. The molecule has 3 N–H and O–H groups in total. The average molecular weight is 786 g/mol. The predicted molar refractivity (Wildman–Crippen MR) is 205 cm³/mol. The van der Waals surface area contributed by atoms with E-state index in [1.165, 1.54) is 7.11 Å². The van der Waals surface area contributed by atoms with E-state index in [1.807, 2.05) is 52.8 Å². The van der Waals surface area contributed by atoms with Gasteiger partial charge in [0, 0.05) is 40.1 Å². The van der Waals surface area contributed by atoms with E-state index < -0.39 is 91.4 Å². The minimum absolute atomic E-state index is 0.0145. The van der Waals surface area contributed by atoms with Gasteiger partial charge in [0.25, 0.3) is 0 Å². The largest absolute Gasteiger partial charge is 0.462 e. The quantitative estimate of drug-likeness (QED) is 0.132. The van der Waals surface area contributed by atoms with Crippen molar-refractivity contribution in [1.82, 2.24) is 4.90 Å². The Labute approximate surface area is 328 Å². The lowest BCUT2D eigenvalue weighted by molar-refractivity contribution is -0.347. The Hall–Kier alpha value is -1.82. The zero-order chi connectivity index (χ0) is 40.9. The summed E-state index contributed by atoms with van der Waals surface area (Å²) in [5.74, 6) is -1.58. The number of hydrogen-bond acceptors (Lipinski definition) is 14. The van der Waals surface area contributed by atoms with Gasteiger partial charge in [0.15, 0.2) is 12.6 Å². The van der Waals surface area contributed by atoms with Crippen molar-refractivity contribution in [3.05, 3.63) is 24.3 Å². The molecule has 0 aliphatic carbocycles. The van der Waals surface area contributed by atoms with Gasteiger partial charge in [-0.15, -0.1) is 0 Å². The van der Waals surface area contributed by atoms with Gasteiger partial charge in [0.05, 0.1) is 48.6 Å². The number of carbonyl (C=O) groups excluding carboxylic acids is 2. The van der Waals surface area contributed by atoms with Crippen molar-refractivity contribution in [3.63, 3.8) is 0 Å². The Morgan fingerprint density at radius 2 is 1.71 bits per heavy atom. The zero-order valence-electron chi connectivity index (χ0n) is 34.8. The summed E-state index contributed by atoms with van der Waals surface area (Å²) in [7, 11) is 6.69. The first-order chi connectivity index (χ1) is 26.1. The summed E-state index contributed by atoms with van der Waals surface area (Å²) in [6, 6.07) is -0.651. The molecule has 0 amide bonds. The number of methoxy groups -OCH3 is 2. The van der Waals surface area contributed by atoms with Gasteiger partial charge in [-0.05, 0) is 66.5 Å². The first-order valence-corrected chi connectivity index (χ1v) is 20.1. The summed E-state index contributed by atoms with van der Waals surface area (Å²) in [6.45, 7) is 12.1. The number of ether oxygens (including phenoxy) is 8. The van der Waals surface area contributed by atoms with Gasteiger partial charge in [-0.1, -0.05) is 51.0 Å². The fourth-order valence-corrected chi connectivity index (χ4v) is 8.09. The third-order valence-corrected chi connectivity index (χ3v) is 11.3. The lowest BCUT2D eigenvalue weighted by atomic mass is 9.82. The number of hydrogen-bond donors (Lipinski definition) is 3. The molecule has 3 aliphatic rings. The van der Waals surface area contributed by atoms with Gasteiger partial charge in [-0.3, -0.25) is 4.79 Å². The summed E-state index contributed by atoms with van der Waals surface area (Å²) in [6.07, 6.45) is 1.45. The molecule has 0 aromatic carbocycles. The highest BCUT2D eigenvalue weighted by Gasteiger charge is 2.52. The third kappa shape index (κ3) is 13.4. The van der Waals surface area contributed by atoms with Gasteiger partial charge < -0.3 is 62.9 Å². The number of aldehydes is 1. The smallest absolute Gasteiger partial charge is 0.308 e. The van der Waals surface area contributed by atoms with Crippen LogP contribution in [-0.2, 0) is 47.5 Å². The Morgan fingerprint density at radius 3 is 2.35 bits per heavy atom. The molecule has 0 saturated carbocycles. The molecule has 0 spiro atoms. The second-order valence-corrected chi connectivity index (χ2v) is 16.0. The Balaban J connectivity index is 1.90.